The highest BCUT2D eigenvalue weighted by Gasteiger charge is 2.13. The molecule has 0 saturated heterocycles. The summed E-state index contributed by atoms with van der Waals surface area (Å²) in [6.45, 7) is 4.02. The molecule has 3 aromatic rings. The number of benzene rings is 3. The summed E-state index contributed by atoms with van der Waals surface area (Å²) < 4.78 is 5.30. The maximum absolute atomic E-state index is 12.7. The number of aryl methyl sites for hydroxylation is 2. The molecule has 3 rings (SSSR count). The lowest BCUT2D eigenvalue weighted by molar-refractivity contribution is 0.102. The second-order valence-corrected chi connectivity index (χ2v) is 6.74. The van der Waals surface area contributed by atoms with Crippen LogP contribution < -0.4 is 15.4 Å². The number of methoxy groups -OCH3 is 1. The first kappa shape index (κ1) is 20.1. The molecule has 0 saturated carbocycles. The Labute approximate surface area is 170 Å². The predicted octanol–water partition coefficient (Wildman–Crippen LogP) is 5.07. The van der Waals surface area contributed by atoms with Crippen molar-refractivity contribution in [3.8, 4) is 5.75 Å². The Morgan fingerprint density at radius 2 is 1.52 bits per heavy atom. The van der Waals surface area contributed by atoms with E-state index in [-0.39, 0.29) is 11.8 Å². The van der Waals surface area contributed by atoms with Gasteiger partial charge < -0.3 is 15.4 Å². The van der Waals surface area contributed by atoms with E-state index in [9.17, 15) is 9.59 Å². The summed E-state index contributed by atoms with van der Waals surface area (Å²) in [5.74, 6) is 0.00116. The highest BCUT2D eigenvalue weighted by atomic mass is 16.5. The summed E-state index contributed by atoms with van der Waals surface area (Å²) in [7, 11) is 1.55. The van der Waals surface area contributed by atoms with Crippen LogP contribution in [-0.2, 0) is 6.42 Å². The van der Waals surface area contributed by atoms with Crippen molar-refractivity contribution in [1.29, 1.82) is 0 Å². The molecule has 0 radical (unpaired) electrons. The number of amides is 2. The summed E-state index contributed by atoms with van der Waals surface area (Å²) in [5, 5.41) is 5.71. The molecular weight excluding hydrogens is 364 g/mol. The monoisotopic (exact) mass is 388 g/mol. The molecule has 2 amide bonds. The maximum atomic E-state index is 12.7. The Morgan fingerprint density at radius 3 is 2.14 bits per heavy atom. The molecule has 0 aromatic heterocycles. The Morgan fingerprint density at radius 1 is 0.862 bits per heavy atom. The summed E-state index contributed by atoms with van der Waals surface area (Å²) >= 11 is 0. The number of hydrogen-bond donors (Lipinski definition) is 2. The van der Waals surface area contributed by atoms with E-state index >= 15 is 0 Å². The van der Waals surface area contributed by atoms with Gasteiger partial charge in [0.15, 0.2) is 0 Å². The zero-order valence-corrected chi connectivity index (χ0v) is 16.8. The van der Waals surface area contributed by atoms with Gasteiger partial charge in [-0.2, -0.15) is 0 Å². The lowest BCUT2D eigenvalue weighted by atomic mass is 10.1. The van der Waals surface area contributed by atoms with Gasteiger partial charge in [0.25, 0.3) is 11.8 Å². The molecule has 0 aliphatic carbocycles. The average molecular weight is 388 g/mol. The minimum Gasteiger partial charge on any atom is -0.495 e. The van der Waals surface area contributed by atoms with Crippen molar-refractivity contribution in [3.05, 3.63) is 89.0 Å². The molecule has 29 heavy (non-hydrogen) atoms. The van der Waals surface area contributed by atoms with Crippen LogP contribution in [0.2, 0.25) is 0 Å². The van der Waals surface area contributed by atoms with E-state index in [1.54, 1.807) is 37.4 Å². The lowest BCUT2D eigenvalue weighted by Crippen LogP contribution is -2.16. The molecule has 5 heteroatoms. The first-order chi connectivity index (χ1) is 14.0. The van der Waals surface area contributed by atoms with Gasteiger partial charge in [-0.1, -0.05) is 31.2 Å². The third-order valence-corrected chi connectivity index (χ3v) is 4.61. The van der Waals surface area contributed by atoms with Gasteiger partial charge >= 0.3 is 0 Å². The molecule has 0 atom stereocenters. The lowest BCUT2D eigenvalue weighted by Gasteiger charge is -2.12. The molecule has 3 aromatic carbocycles. The fourth-order valence-electron chi connectivity index (χ4n) is 2.94. The molecule has 2 N–H and O–H groups in total. The van der Waals surface area contributed by atoms with Crippen LogP contribution in [0.1, 0.15) is 38.8 Å². The van der Waals surface area contributed by atoms with Gasteiger partial charge in [-0.15, -0.1) is 0 Å². The molecular formula is C24H24N2O3. The smallest absolute Gasteiger partial charge is 0.255 e. The van der Waals surface area contributed by atoms with E-state index in [1.165, 1.54) is 5.56 Å². The van der Waals surface area contributed by atoms with E-state index in [2.05, 4.69) is 17.6 Å². The van der Waals surface area contributed by atoms with E-state index in [1.807, 2.05) is 43.3 Å². The summed E-state index contributed by atoms with van der Waals surface area (Å²) in [5.41, 5.74) is 4.31. The van der Waals surface area contributed by atoms with Gasteiger partial charge in [-0.25, -0.2) is 0 Å². The summed E-state index contributed by atoms with van der Waals surface area (Å²) in [6.07, 6.45) is 0.942. The molecule has 0 aliphatic heterocycles. The van der Waals surface area contributed by atoms with Crippen molar-refractivity contribution in [2.45, 2.75) is 20.3 Å². The second kappa shape index (κ2) is 9.06. The van der Waals surface area contributed by atoms with Crippen molar-refractivity contribution >= 4 is 23.2 Å². The van der Waals surface area contributed by atoms with Gasteiger partial charge in [0.05, 0.1) is 12.8 Å². The first-order valence-corrected chi connectivity index (χ1v) is 9.46. The molecule has 148 valence electrons. The summed E-state index contributed by atoms with van der Waals surface area (Å²) in [6, 6.07) is 19.9. The number of carbonyl (C=O) groups excluding carboxylic acids is 2. The van der Waals surface area contributed by atoms with Crippen LogP contribution >= 0.6 is 0 Å². The van der Waals surface area contributed by atoms with E-state index in [0.717, 1.165) is 12.0 Å². The molecule has 0 bridgehead atoms. The van der Waals surface area contributed by atoms with E-state index in [0.29, 0.717) is 28.3 Å². The Kier molecular flexibility index (Phi) is 6.29. The average Bonchev–Trinajstić information content (AvgIpc) is 2.74. The highest BCUT2D eigenvalue weighted by Crippen LogP contribution is 2.26. The Hall–Kier alpha value is -3.60. The van der Waals surface area contributed by atoms with Crippen molar-refractivity contribution in [2.75, 3.05) is 17.7 Å². The highest BCUT2D eigenvalue weighted by molar-refractivity contribution is 6.09. The third-order valence-electron chi connectivity index (χ3n) is 4.61. The molecule has 5 nitrogen and oxygen atoms in total. The quantitative estimate of drug-likeness (QED) is 0.619. The molecule has 0 unspecified atom stereocenters. The van der Waals surface area contributed by atoms with Gasteiger partial charge in [0, 0.05) is 16.8 Å². The van der Waals surface area contributed by atoms with Crippen LogP contribution in [-0.4, -0.2) is 18.9 Å². The number of hydrogen-bond acceptors (Lipinski definition) is 3. The zero-order chi connectivity index (χ0) is 20.8. The van der Waals surface area contributed by atoms with Crippen LogP contribution in [0, 0.1) is 6.92 Å². The van der Waals surface area contributed by atoms with Crippen molar-refractivity contribution < 1.29 is 14.3 Å². The fourth-order valence-corrected chi connectivity index (χ4v) is 2.94. The summed E-state index contributed by atoms with van der Waals surface area (Å²) in [4.78, 5) is 25.3. The van der Waals surface area contributed by atoms with Crippen LogP contribution in [0.15, 0.2) is 66.7 Å². The van der Waals surface area contributed by atoms with Crippen molar-refractivity contribution in [2.24, 2.45) is 0 Å². The standard InChI is InChI=1S/C24H24N2O3/c1-4-17-9-11-20(12-10-17)25-23(27)18-6-5-7-19(15-18)24(28)26-21-14-16(2)8-13-22(21)29-3/h5-15H,4H2,1-3H3,(H,25,27)(H,26,28). The first-order valence-electron chi connectivity index (χ1n) is 9.46. The van der Waals surface area contributed by atoms with Crippen LogP contribution in [0.4, 0.5) is 11.4 Å². The minimum atomic E-state index is -0.309. The van der Waals surface area contributed by atoms with Crippen LogP contribution in [0.3, 0.4) is 0 Å². The minimum absolute atomic E-state index is 0.267. The second-order valence-electron chi connectivity index (χ2n) is 6.74. The largest absolute Gasteiger partial charge is 0.495 e. The van der Waals surface area contributed by atoms with Gasteiger partial charge in [-0.3, -0.25) is 9.59 Å². The van der Waals surface area contributed by atoms with Crippen LogP contribution in [0.25, 0.3) is 0 Å². The predicted molar refractivity (Wildman–Crippen MR) is 116 cm³/mol. The zero-order valence-electron chi connectivity index (χ0n) is 16.8. The Bertz CT molecular complexity index is 1030. The van der Waals surface area contributed by atoms with E-state index < -0.39 is 0 Å². The van der Waals surface area contributed by atoms with Crippen LogP contribution in [0.5, 0.6) is 5.75 Å². The van der Waals surface area contributed by atoms with Gasteiger partial charge in [0.1, 0.15) is 5.75 Å². The number of anilines is 2. The number of nitrogens with one attached hydrogen (secondary N) is 2. The van der Waals surface area contributed by atoms with Gasteiger partial charge in [0.2, 0.25) is 0 Å². The molecule has 0 heterocycles. The normalized spacial score (nSPS) is 10.3. The Balaban J connectivity index is 1.75. The number of ether oxygens (including phenoxy) is 1. The SMILES string of the molecule is CCc1ccc(NC(=O)c2cccc(C(=O)Nc3cc(C)ccc3OC)c2)cc1. The van der Waals surface area contributed by atoms with Gasteiger partial charge in [-0.05, 0) is 66.9 Å². The topological polar surface area (TPSA) is 67.4 Å². The fraction of sp³-hybridized carbons (Fsp3) is 0.167. The third kappa shape index (κ3) is 5.02. The van der Waals surface area contributed by atoms with E-state index in [4.69, 9.17) is 4.74 Å². The molecule has 0 spiro atoms. The molecule has 0 aliphatic rings. The number of carbonyl (C=O) groups is 2. The maximum Gasteiger partial charge on any atom is 0.255 e. The van der Waals surface area contributed by atoms with Crippen molar-refractivity contribution in [1.82, 2.24) is 0 Å². The molecule has 0 fully saturated rings. The number of rotatable bonds is 6. The van der Waals surface area contributed by atoms with Crippen molar-refractivity contribution in [3.63, 3.8) is 0 Å².